The van der Waals surface area contributed by atoms with Gasteiger partial charge >= 0.3 is 11.9 Å². The Morgan fingerprint density at radius 1 is 1.04 bits per heavy atom. The van der Waals surface area contributed by atoms with Crippen molar-refractivity contribution in [2.45, 2.75) is 32.1 Å². The molecule has 2 aliphatic rings. The fourth-order valence-electron chi connectivity index (χ4n) is 3.63. The minimum Gasteiger partial charge on any atom is -0.466 e. The summed E-state index contributed by atoms with van der Waals surface area (Å²) < 4.78 is 9.68. The van der Waals surface area contributed by atoms with Crippen LogP contribution in [0.4, 0.5) is 0 Å². The smallest absolute Gasteiger partial charge is 0.337 e. The van der Waals surface area contributed by atoms with E-state index in [2.05, 4.69) is 5.32 Å². The van der Waals surface area contributed by atoms with Crippen molar-refractivity contribution in [3.05, 3.63) is 57.9 Å². The third-order valence-electron chi connectivity index (χ3n) is 4.85. The number of rotatable bonds is 3. The number of ether oxygens (including phenoxy) is 2. The first-order valence-corrected chi connectivity index (χ1v) is 8.48. The number of esters is 2. The molecule has 0 saturated carbocycles. The summed E-state index contributed by atoms with van der Waals surface area (Å²) in [4.78, 5) is 36.8. The van der Waals surface area contributed by atoms with Crippen LogP contribution in [0.1, 0.15) is 48.0 Å². The van der Waals surface area contributed by atoms with Gasteiger partial charge in [-0.25, -0.2) is 9.59 Å². The molecule has 0 saturated heterocycles. The normalized spacial score (nSPS) is 19.7. The van der Waals surface area contributed by atoms with Gasteiger partial charge in [-0.15, -0.1) is 0 Å². The Kier molecular flexibility index (Phi) is 4.93. The van der Waals surface area contributed by atoms with E-state index in [0.29, 0.717) is 28.8 Å². The van der Waals surface area contributed by atoms with E-state index in [-0.39, 0.29) is 5.78 Å². The average Bonchev–Trinajstić information content (AvgIpc) is 2.66. The van der Waals surface area contributed by atoms with Crippen LogP contribution in [0.3, 0.4) is 0 Å². The summed E-state index contributed by atoms with van der Waals surface area (Å²) in [6.45, 7) is 1.81. The van der Waals surface area contributed by atoms with Crippen LogP contribution in [0.5, 0.6) is 0 Å². The Labute approximate surface area is 151 Å². The fraction of sp³-hybridized carbons (Fsp3) is 0.350. The maximum absolute atomic E-state index is 12.7. The van der Waals surface area contributed by atoms with Crippen LogP contribution in [0.2, 0.25) is 0 Å². The molecule has 3 rings (SSSR count). The van der Waals surface area contributed by atoms with Crippen LogP contribution in [-0.2, 0) is 19.1 Å². The Hall–Kier alpha value is -2.89. The summed E-state index contributed by atoms with van der Waals surface area (Å²) in [5.74, 6) is -1.37. The number of hydrogen-bond acceptors (Lipinski definition) is 6. The predicted molar refractivity (Wildman–Crippen MR) is 94.3 cm³/mol. The van der Waals surface area contributed by atoms with Crippen molar-refractivity contribution in [2.24, 2.45) is 0 Å². The van der Waals surface area contributed by atoms with Gasteiger partial charge in [0.05, 0.1) is 25.4 Å². The zero-order valence-electron chi connectivity index (χ0n) is 15.0. The van der Waals surface area contributed by atoms with Gasteiger partial charge < -0.3 is 14.8 Å². The lowest BCUT2D eigenvalue weighted by atomic mass is 9.75. The minimum absolute atomic E-state index is 0.0368. The van der Waals surface area contributed by atoms with Gasteiger partial charge in [-0.2, -0.15) is 0 Å². The SMILES string of the molecule is COC(=O)C1=C(C)NC2=C(C(=O)CCC2)[C@@H]1c1ccc(C(=O)OC)cc1. The third-order valence-corrected chi connectivity index (χ3v) is 4.85. The lowest BCUT2D eigenvalue weighted by Gasteiger charge is -2.34. The van der Waals surface area contributed by atoms with Gasteiger partial charge in [0.25, 0.3) is 0 Å². The van der Waals surface area contributed by atoms with Crippen molar-refractivity contribution >= 4 is 17.7 Å². The van der Waals surface area contributed by atoms with Crippen molar-refractivity contribution in [1.82, 2.24) is 5.32 Å². The van der Waals surface area contributed by atoms with Gasteiger partial charge in [0.2, 0.25) is 0 Å². The highest BCUT2D eigenvalue weighted by molar-refractivity contribution is 6.03. The molecule has 1 aliphatic carbocycles. The van der Waals surface area contributed by atoms with Gasteiger partial charge in [-0.1, -0.05) is 12.1 Å². The number of nitrogens with one attached hydrogen (secondary N) is 1. The molecule has 136 valence electrons. The van der Waals surface area contributed by atoms with Gasteiger partial charge in [0, 0.05) is 29.3 Å². The van der Waals surface area contributed by atoms with Crippen molar-refractivity contribution in [3.8, 4) is 0 Å². The van der Waals surface area contributed by atoms with Crippen LogP contribution in [-0.4, -0.2) is 31.9 Å². The molecule has 0 aromatic heterocycles. The second kappa shape index (κ2) is 7.15. The average molecular weight is 355 g/mol. The molecule has 0 radical (unpaired) electrons. The maximum Gasteiger partial charge on any atom is 0.337 e. The number of benzene rings is 1. The first kappa shape index (κ1) is 17.9. The first-order valence-electron chi connectivity index (χ1n) is 8.48. The molecule has 6 nitrogen and oxygen atoms in total. The van der Waals surface area contributed by atoms with Crippen LogP contribution < -0.4 is 5.32 Å². The molecule has 0 amide bonds. The van der Waals surface area contributed by atoms with Gasteiger partial charge in [0.15, 0.2) is 5.78 Å². The highest BCUT2D eigenvalue weighted by Gasteiger charge is 2.38. The molecular weight excluding hydrogens is 334 g/mol. The lowest BCUT2D eigenvalue weighted by Crippen LogP contribution is -2.34. The molecule has 1 aromatic rings. The van der Waals surface area contributed by atoms with Crippen LogP contribution >= 0.6 is 0 Å². The predicted octanol–water partition coefficient (Wildman–Crippen LogP) is 2.61. The van der Waals surface area contributed by atoms with Crippen LogP contribution in [0, 0.1) is 0 Å². The van der Waals surface area contributed by atoms with E-state index >= 15 is 0 Å². The summed E-state index contributed by atoms with van der Waals surface area (Å²) in [5, 5.41) is 3.22. The van der Waals surface area contributed by atoms with E-state index in [4.69, 9.17) is 9.47 Å². The Morgan fingerprint density at radius 3 is 2.31 bits per heavy atom. The molecule has 26 heavy (non-hydrogen) atoms. The molecule has 1 N–H and O–H groups in total. The molecule has 1 aliphatic heterocycles. The van der Waals surface area contributed by atoms with Crippen molar-refractivity contribution < 1.29 is 23.9 Å². The Morgan fingerprint density at radius 2 is 1.69 bits per heavy atom. The van der Waals surface area contributed by atoms with Crippen molar-refractivity contribution in [2.75, 3.05) is 14.2 Å². The van der Waals surface area contributed by atoms with E-state index in [9.17, 15) is 14.4 Å². The van der Waals surface area contributed by atoms with Crippen molar-refractivity contribution in [3.63, 3.8) is 0 Å². The summed E-state index contributed by atoms with van der Waals surface area (Å²) in [6.07, 6.45) is 2.02. The highest BCUT2D eigenvalue weighted by Crippen LogP contribution is 2.42. The number of hydrogen-bond donors (Lipinski definition) is 1. The summed E-state index contributed by atoms with van der Waals surface area (Å²) in [6, 6.07) is 6.79. The monoisotopic (exact) mass is 355 g/mol. The van der Waals surface area contributed by atoms with E-state index in [1.54, 1.807) is 24.3 Å². The first-order chi connectivity index (χ1) is 12.5. The standard InChI is InChI=1S/C20H21NO5/c1-11-16(20(24)26-3)17(18-14(21-11)5-4-6-15(18)22)12-7-9-13(10-8-12)19(23)25-2/h7-10,17,21H,4-6H2,1-3H3/t17-/m1/s1. The minimum atomic E-state index is -0.502. The summed E-state index contributed by atoms with van der Waals surface area (Å²) in [5.41, 5.74) is 3.78. The third kappa shape index (κ3) is 3.03. The van der Waals surface area contributed by atoms with Gasteiger partial charge in [0.1, 0.15) is 0 Å². The fourth-order valence-corrected chi connectivity index (χ4v) is 3.63. The largest absolute Gasteiger partial charge is 0.466 e. The number of carbonyl (C=O) groups is 3. The topological polar surface area (TPSA) is 81.7 Å². The number of methoxy groups -OCH3 is 2. The molecule has 0 fully saturated rings. The van der Waals surface area contributed by atoms with E-state index < -0.39 is 17.9 Å². The molecule has 1 aromatic carbocycles. The number of ketones is 1. The molecule has 6 heteroatoms. The Balaban J connectivity index is 2.12. The zero-order valence-corrected chi connectivity index (χ0v) is 15.0. The number of Topliss-reactive ketones (excluding diaryl/α,β-unsaturated/α-hetero) is 1. The maximum atomic E-state index is 12.7. The van der Waals surface area contributed by atoms with Gasteiger partial charge in [-0.3, -0.25) is 4.79 Å². The molecular formula is C20H21NO5. The zero-order chi connectivity index (χ0) is 18.8. The van der Waals surface area contributed by atoms with E-state index in [1.165, 1.54) is 14.2 Å². The molecule has 0 bridgehead atoms. The second-order valence-electron chi connectivity index (χ2n) is 6.37. The quantitative estimate of drug-likeness (QED) is 0.840. The van der Waals surface area contributed by atoms with Gasteiger partial charge in [-0.05, 0) is 37.5 Å². The number of carbonyl (C=O) groups excluding carboxylic acids is 3. The molecule has 0 unspecified atom stereocenters. The van der Waals surface area contributed by atoms with E-state index in [0.717, 1.165) is 24.1 Å². The molecule has 0 spiro atoms. The summed E-state index contributed by atoms with van der Waals surface area (Å²) >= 11 is 0. The molecule has 1 heterocycles. The Bertz CT molecular complexity index is 832. The molecule has 1 atom stereocenters. The lowest BCUT2D eigenvalue weighted by molar-refractivity contribution is -0.136. The summed E-state index contributed by atoms with van der Waals surface area (Å²) in [7, 11) is 2.65. The number of allylic oxidation sites excluding steroid dienone is 3. The second-order valence-corrected chi connectivity index (χ2v) is 6.37. The number of dihydropyridines is 1. The van der Waals surface area contributed by atoms with Crippen LogP contribution in [0.15, 0.2) is 46.8 Å². The highest BCUT2D eigenvalue weighted by atomic mass is 16.5. The van der Waals surface area contributed by atoms with Crippen LogP contribution in [0.25, 0.3) is 0 Å². The van der Waals surface area contributed by atoms with Crippen molar-refractivity contribution in [1.29, 1.82) is 0 Å². The van der Waals surface area contributed by atoms with E-state index in [1.807, 2.05) is 6.92 Å².